The molecule has 11 nitrogen and oxygen atoms in total. The summed E-state index contributed by atoms with van der Waals surface area (Å²) in [7, 11) is 0. The van der Waals surface area contributed by atoms with Gasteiger partial charge in [0.05, 0.1) is 6.26 Å². The quantitative estimate of drug-likeness (QED) is 0.555. The van der Waals surface area contributed by atoms with Crippen molar-refractivity contribution in [2.75, 3.05) is 43.4 Å². The Morgan fingerprint density at radius 2 is 1.81 bits per heavy atom. The van der Waals surface area contributed by atoms with Crippen molar-refractivity contribution in [2.24, 2.45) is 11.8 Å². The van der Waals surface area contributed by atoms with Gasteiger partial charge >= 0.3 is 0 Å². The molecule has 0 radical (unpaired) electrons. The molecule has 3 aromatic heterocycles. The largest absolute Gasteiger partial charge is 0.461 e. The number of hydrogen-bond acceptors (Lipinski definition) is 9. The first kappa shape index (κ1) is 24.1. The topological polar surface area (TPSA) is 122 Å². The predicted molar refractivity (Wildman–Crippen MR) is 140 cm³/mol. The molecular weight excluding hydrogens is 470 g/mol. The molecular formula is C26H37N9O2. The van der Waals surface area contributed by atoms with Gasteiger partial charge in [0, 0.05) is 38.8 Å². The number of amides is 1. The van der Waals surface area contributed by atoms with Crippen LogP contribution in [0.15, 0.2) is 22.8 Å². The van der Waals surface area contributed by atoms with Crippen molar-refractivity contribution in [3.63, 3.8) is 0 Å². The third-order valence-electron chi connectivity index (χ3n) is 8.58. The maximum absolute atomic E-state index is 13.6. The van der Waals surface area contributed by atoms with Crippen LogP contribution in [0, 0.1) is 11.8 Å². The fraction of sp³-hybridized carbons (Fsp3) is 0.654. The summed E-state index contributed by atoms with van der Waals surface area (Å²) in [6, 6.07) is 3.96. The molecule has 0 bridgehead atoms. The number of nitrogens with zero attached hydrogens (tertiary/aromatic N) is 8. The van der Waals surface area contributed by atoms with E-state index >= 15 is 0 Å². The summed E-state index contributed by atoms with van der Waals surface area (Å²) in [5.41, 5.74) is 6.22. The Kier molecular flexibility index (Phi) is 6.48. The Morgan fingerprint density at radius 1 is 1.03 bits per heavy atom. The van der Waals surface area contributed by atoms with Gasteiger partial charge in [-0.2, -0.15) is 19.5 Å². The molecule has 6 rings (SSSR count). The van der Waals surface area contributed by atoms with Gasteiger partial charge in [-0.05, 0) is 62.5 Å². The van der Waals surface area contributed by atoms with Crippen molar-refractivity contribution in [1.82, 2.24) is 34.4 Å². The van der Waals surface area contributed by atoms with Crippen molar-refractivity contribution in [3.8, 4) is 11.6 Å². The van der Waals surface area contributed by atoms with Gasteiger partial charge in [0.25, 0.3) is 5.78 Å². The van der Waals surface area contributed by atoms with E-state index in [2.05, 4.69) is 38.8 Å². The van der Waals surface area contributed by atoms with E-state index in [1.165, 1.54) is 30.2 Å². The number of furan rings is 1. The second-order valence-corrected chi connectivity index (χ2v) is 11.0. The molecule has 3 aromatic rings. The Hall–Kier alpha value is -3.21. The summed E-state index contributed by atoms with van der Waals surface area (Å²) in [4.78, 5) is 33.9. The van der Waals surface area contributed by atoms with Crippen molar-refractivity contribution in [2.45, 2.75) is 64.5 Å². The number of nitrogens with two attached hydrogens (primary N) is 1. The van der Waals surface area contributed by atoms with Gasteiger partial charge in [0.15, 0.2) is 5.76 Å². The molecule has 0 unspecified atom stereocenters. The summed E-state index contributed by atoms with van der Waals surface area (Å²) in [5, 5.41) is 4.37. The molecule has 37 heavy (non-hydrogen) atoms. The first-order chi connectivity index (χ1) is 18.0. The second-order valence-electron chi connectivity index (χ2n) is 11.0. The summed E-state index contributed by atoms with van der Waals surface area (Å²) >= 11 is 0. The normalized spacial score (nSPS) is 25.4. The highest BCUT2D eigenvalue weighted by Gasteiger charge is 2.38. The van der Waals surface area contributed by atoms with E-state index in [1.54, 1.807) is 18.4 Å². The Morgan fingerprint density at radius 3 is 2.51 bits per heavy atom. The maximum Gasteiger partial charge on any atom is 0.259 e. The predicted octanol–water partition coefficient (Wildman–Crippen LogP) is 2.69. The Bertz CT molecular complexity index is 1220. The Labute approximate surface area is 217 Å². The maximum atomic E-state index is 13.6. The SMILES string of the molecule is CC(C)C1CCC(N2CCN(C(=O)[C@@H]3CCCN3c3nc(N)n4nc(-c5ccco5)nc4n3)CC2)CC1. The Balaban J connectivity index is 1.12. The van der Waals surface area contributed by atoms with Gasteiger partial charge < -0.3 is 20.0 Å². The van der Waals surface area contributed by atoms with Crippen LogP contribution in [-0.4, -0.2) is 85.1 Å². The number of anilines is 2. The van der Waals surface area contributed by atoms with Crippen molar-refractivity contribution in [3.05, 3.63) is 18.4 Å². The van der Waals surface area contributed by atoms with E-state index in [9.17, 15) is 4.79 Å². The van der Waals surface area contributed by atoms with Crippen LogP contribution in [0.25, 0.3) is 17.4 Å². The summed E-state index contributed by atoms with van der Waals surface area (Å²) < 4.78 is 6.81. The zero-order valence-electron chi connectivity index (χ0n) is 21.8. The fourth-order valence-electron chi connectivity index (χ4n) is 6.35. The monoisotopic (exact) mass is 507 g/mol. The van der Waals surface area contributed by atoms with Crippen LogP contribution in [0.5, 0.6) is 0 Å². The molecule has 11 heteroatoms. The molecule has 2 aliphatic heterocycles. The first-order valence-corrected chi connectivity index (χ1v) is 13.7. The molecule has 0 spiro atoms. The van der Waals surface area contributed by atoms with E-state index in [1.807, 2.05) is 9.80 Å². The molecule has 198 valence electrons. The molecule has 1 saturated carbocycles. The molecule has 1 atom stereocenters. The lowest BCUT2D eigenvalue weighted by atomic mass is 9.79. The zero-order valence-corrected chi connectivity index (χ0v) is 21.8. The number of carbonyl (C=O) groups is 1. The van der Waals surface area contributed by atoms with Crippen molar-refractivity contribution >= 4 is 23.6 Å². The minimum Gasteiger partial charge on any atom is -0.461 e. The third-order valence-corrected chi connectivity index (χ3v) is 8.58. The molecule has 0 aromatic carbocycles. The lowest BCUT2D eigenvalue weighted by molar-refractivity contribution is -0.134. The average molecular weight is 508 g/mol. The number of nitrogen functional groups attached to an aromatic ring is 1. The van der Waals surface area contributed by atoms with E-state index in [-0.39, 0.29) is 17.9 Å². The average Bonchev–Trinajstić information content (AvgIpc) is 3.69. The van der Waals surface area contributed by atoms with Crippen LogP contribution in [0.2, 0.25) is 0 Å². The first-order valence-electron chi connectivity index (χ1n) is 13.7. The highest BCUT2D eigenvalue weighted by Crippen LogP contribution is 2.33. The van der Waals surface area contributed by atoms with E-state index in [0.29, 0.717) is 35.9 Å². The van der Waals surface area contributed by atoms with E-state index in [4.69, 9.17) is 10.2 Å². The summed E-state index contributed by atoms with van der Waals surface area (Å²) in [5.74, 6) is 3.71. The summed E-state index contributed by atoms with van der Waals surface area (Å²) in [6.45, 7) is 8.90. The summed E-state index contributed by atoms with van der Waals surface area (Å²) in [6.07, 6.45) is 8.52. The number of carbonyl (C=O) groups excluding carboxylic acids is 1. The minimum atomic E-state index is -0.276. The van der Waals surface area contributed by atoms with Crippen molar-refractivity contribution in [1.29, 1.82) is 0 Å². The molecule has 3 fully saturated rings. The van der Waals surface area contributed by atoms with Crippen LogP contribution in [0.4, 0.5) is 11.9 Å². The fourth-order valence-corrected chi connectivity index (χ4v) is 6.35. The van der Waals surface area contributed by atoms with Gasteiger partial charge in [0.1, 0.15) is 6.04 Å². The highest BCUT2D eigenvalue weighted by atomic mass is 16.3. The van der Waals surface area contributed by atoms with Gasteiger partial charge in [0.2, 0.25) is 23.6 Å². The van der Waals surface area contributed by atoms with Crippen LogP contribution < -0.4 is 10.6 Å². The number of aromatic nitrogens is 5. The second kappa shape index (κ2) is 9.92. The van der Waals surface area contributed by atoms with Crippen LogP contribution in [0.1, 0.15) is 52.4 Å². The lowest BCUT2D eigenvalue weighted by Crippen LogP contribution is -2.56. The van der Waals surface area contributed by atoms with Crippen LogP contribution >= 0.6 is 0 Å². The molecule has 2 saturated heterocycles. The van der Waals surface area contributed by atoms with Gasteiger partial charge in [-0.1, -0.05) is 13.8 Å². The number of fused-ring (bicyclic) bond motifs is 1. The number of rotatable bonds is 5. The van der Waals surface area contributed by atoms with E-state index < -0.39 is 0 Å². The smallest absolute Gasteiger partial charge is 0.259 e. The van der Waals surface area contributed by atoms with Gasteiger partial charge in [-0.3, -0.25) is 9.69 Å². The van der Waals surface area contributed by atoms with Gasteiger partial charge in [-0.25, -0.2) is 0 Å². The van der Waals surface area contributed by atoms with E-state index in [0.717, 1.165) is 50.9 Å². The number of piperazine rings is 1. The standard InChI is InChI=1S/C26H37N9O2/c1-17(2)18-7-9-19(10-8-18)32-12-14-33(15-13-32)23(36)20-5-3-11-34(20)25-29-24(27)35-26(30-25)28-22(31-35)21-6-4-16-37-21/h4,6,16-20H,3,5,7-15H2,1-2H3,(H2,27,28,29,30,31)/t18?,19?,20-/m0/s1. The molecule has 3 aliphatic rings. The molecule has 2 N–H and O–H groups in total. The highest BCUT2D eigenvalue weighted by molar-refractivity contribution is 5.85. The minimum absolute atomic E-state index is 0.167. The number of hydrogen-bond donors (Lipinski definition) is 1. The molecule has 1 aliphatic carbocycles. The lowest BCUT2D eigenvalue weighted by Gasteiger charge is -2.43. The zero-order chi connectivity index (χ0) is 25.5. The van der Waals surface area contributed by atoms with Crippen LogP contribution in [-0.2, 0) is 4.79 Å². The molecule has 1 amide bonds. The van der Waals surface area contributed by atoms with Gasteiger partial charge in [-0.15, -0.1) is 5.10 Å². The molecule has 5 heterocycles. The third kappa shape index (κ3) is 4.65. The van der Waals surface area contributed by atoms with Crippen LogP contribution in [0.3, 0.4) is 0 Å². The van der Waals surface area contributed by atoms with Crippen molar-refractivity contribution < 1.29 is 9.21 Å².